The van der Waals surface area contributed by atoms with Crippen LogP contribution in [-0.4, -0.2) is 58.6 Å². The van der Waals surface area contributed by atoms with Crippen molar-refractivity contribution in [3.8, 4) is 0 Å². The highest BCUT2D eigenvalue weighted by Crippen LogP contribution is 2.17. The molecule has 3 rings (SSSR count). The third kappa shape index (κ3) is 4.98. The van der Waals surface area contributed by atoms with Crippen LogP contribution in [0.2, 0.25) is 0 Å². The van der Waals surface area contributed by atoms with Crippen LogP contribution in [0, 0.1) is 13.8 Å². The van der Waals surface area contributed by atoms with Crippen molar-refractivity contribution in [3.05, 3.63) is 38.3 Å². The smallest absolute Gasteiger partial charge is 0.293 e. The van der Waals surface area contributed by atoms with Crippen molar-refractivity contribution in [1.29, 1.82) is 0 Å². The molecule has 1 aliphatic rings. The number of nitrogens with zero attached hydrogens (tertiary/aromatic N) is 6. The summed E-state index contributed by atoms with van der Waals surface area (Å²) in [5.74, 6) is 1.40. The van der Waals surface area contributed by atoms with Crippen LogP contribution in [0.5, 0.6) is 0 Å². The Morgan fingerprint density at radius 1 is 1.30 bits per heavy atom. The minimum atomic E-state index is -0.0560. The number of anilines is 1. The molecule has 8 nitrogen and oxygen atoms in total. The summed E-state index contributed by atoms with van der Waals surface area (Å²) >= 11 is 1.71. The van der Waals surface area contributed by atoms with Gasteiger partial charge < -0.3 is 19.7 Å². The van der Waals surface area contributed by atoms with Crippen molar-refractivity contribution < 1.29 is 0 Å². The molecule has 0 unspecified atom stereocenters. The number of thiazole rings is 1. The van der Waals surface area contributed by atoms with Gasteiger partial charge in [0, 0.05) is 57.5 Å². The highest BCUT2D eigenvalue weighted by atomic mass is 127. The van der Waals surface area contributed by atoms with Crippen molar-refractivity contribution in [3.63, 3.8) is 0 Å². The van der Waals surface area contributed by atoms with E-state index in [0.29, 0.717) is 5.82 Å². The molecule has 3 heterocycles. The lowest BCUT2D eigenvalue weighted by Crippen LogP contribution is -2.53. The van der Waals surface area contributed by atoms with Crippen molar-refractivity contribution in [1.82, 2.24) is 24.8 Å². The normalized spacial score (nSPS) is 14.9. The van der Waals surface area contributed by atoms with E-state index in [1.165, 1.54) is 4.88 Å². The van der Waals surface area contributed by atoms with Gasteiger partial charge in [-0.15, -0.1) is 35.3 Å². The van der Waals surface area contributed by atoms with Gasteiger partial charge >= 0.3 is 0 Å². The average molecular weight is 503 g/mol. The van der Waals surface area contributed by atoms with Gasteiger partial charge in [0.2, 0.25) is 0 Å². The molecule has 0 bridgehead atoms. The second kappa shape index (κ2) is 9.49. The molecule has 1 N–H and O–H groups in total. The molecule has 0 saturated carbocycles. The third-order valence-corrected chi connectivity index (χ3v) is 5.57. The molecule has 10 heteroatoms. The van der Waals surface area contributed by atoms with Crippen LogP contribution in [0.1, 0.15) is 15.6 Å². The van der Waals surface area contributed by atoms with E-state index in [2.05, 4.69) is 25.2 Å². The van der Waals surface area contributed by atoms with E-state index in [1.807, 2.05) is 18.7 Å². The molecule has 0 radical (unpaired) electrons. The number of halogens is 1. The molecule has 1 fully saturated rings. The number of aryl methyl sites for hydroxylation is 3. The van der Waals surface area contributed by atoms with Crippen molar-refractivity contribution >= 4 is 47.1 Å². The van der Waals surface area contributed by atoms with E-state index in [0.717, 1.165) is 49.4 Å². The summed E-state index contributed by atoms with van der Waals surface area (Å²) in [6, 6.07) is 0. The Morgan fingerprint density at radius 2 is 2.00 bits per heavy atom. The first-order valence-corrected chi connectivity index (χ1v) is 9.46. The standard InChI is InChI=1S/C17H25N7OS.HI/c1-12-14(26-13(2)21-12)11-20-17(18-3)24-9-7-23(8-10-24)15-16(25)22(4)6-5-19-15;/h5-6H,7-11H2,1-4H3,(H,18,20);1H. The Balaban J connectivity index is 0.00000261. The van der Waals surface area contributed by atoms with E-state index in [1.54, 1.807) is 42.4 Å². The Labute approximate surface area is 180 Å². The number of hydrogen-bond donors (Lipinski definition) is 1. The zero-order chi connectivity index (χ0) is 18.7. The maximum absolute atomic E-state index is 12.2. The zero-order valence-corrected chi connectivity index (χ0v) is 19.2. The molecule has 0 amide bonds. The van der Waals surface area contributed by atoms with E-state index < -0.39 is 0 Å². The molecule has 0 spiro atoms. The Morgan fingerprint density at radius 3 is 2.59 bits per heavy atom. The Hall–Kier alpha value is -1.69. The first kappa shape index (κ1) is 21.6. The van der Waals surface area contributed by atoms with E-state index in [-0.39, 0.29) is 29.5 Å². The third-order valence-electron chi connectivity index (χ3n) is 4.50. The Bertz CT molecular complexity index is 855. The fraction of sp³-hybridized carbons (Fsp3) is 0.529. The molecule has 0 aromatic carbocycles. The van der Waals surface area contributed by atoms with E-state index in [4.69, 9.17) is 0 Å². The van der Waals surface area contributed by atoms with Gasteiger partial charge in [-0.2, -0.15) is 0 Å². The monoisotopic (exact) mass is 503 g/mol. The first-order chi connectivity index (χ1) is 12.5. The summed E-state index contributed by atoms with van der Waals surface area (Å²) in [5, 5.41) is 4.51. The minimum Gasteiger partial charge on any atom is -0.351 e. The number of aliphatic imine (C=N–C) groups is 1. The number of nitrogens with one attached hydrogen (secondary N) is 1. The zero-order valence-electron chi connectivity index (χ0n) is 16.1. The quantitative estimate of drug-likeness (QED) is 0.388. The highest BCUT2D eigenvalue weighted by Gasteiger charge is 2.22. The summed E-state index contributed by atoms with van der Waals surface area (Å²) in [4.78, 5) is 30.9. The highest BCUT2D eigenvalue weighted by molar-refractivity contribution is 14.0. The van der Waals surface area contributed by atoms with Gasteiger partial charge in [-0.05, 0) is 13.8 Å². The van der Waals surface area contributed by atoms with Crippen molar-refractivity contribution in [2.75, 3.05) is 38.1 Å². The van der Waals surface area contributed by atoms with Crippen LogP contribution in [-0.2, 0) is 13.6 Å². The lowest BCUT2D eigenvalue weighted by Gasteiger charge is -2.36. The fourth-order valence-corrected chi connectivity index (χ4v) is 3.94. The summed E-state index contributed by atoms with van der Waals surface area (Å²) in [5.41, 5.74) is 1.02. The summed E-state index contributed by atoms with van der Waals surface area (Å²) in [6.07, 6.45) is 3.35. The van der Waals surface area contributed by atoms with Crippen molar-refractivity contribution in [2.24, 2.45) is 12.0 Å². The number of guanidine groups is 1. The molecule has 1 saturated heterocycles. The topological polar surface area (TPSA) is 78.7 Å². The lowest BCUT2D eigenvalue weighted by molar-refractivity contribution is 0.370. The van der Waals surface area contributed by atoms with Crippen LogP contribution in [0.4, 0.5) is 5.82 Å². The van der Waals surface area contributed by atoms with Gasteiger partial charge in [0.1, 0.15) is 0 Å². The van der Waals surface area contributed by atoms with Crippen LogP contribution >= 0.6 is 35.3 Å². The molecular formula is C17H26IN7OS. The van der Waals surface area contributed by atoms with Crippen LogP contribution in [0.15, 0.2) is 22.2 Å². The fourth-order valence-electron chi connectivity index (χ4n) is 3.06. The predicted molar refractivity (Wildman–Crippen MR) is 120 cm³/mol. The summed E-state index contributed by atoms with van der Waals surface area (Å²) < 4.78 is 1.56. The first-order valence-electron chi connectivity index (χ1n) is 8.64. The molecule has 2 aromatic rings. The average Bonchev–Trinajstić information content (AvgIpc) is 2.96. The Kier molecular flexibility index (Phi) is 7.59. The van der Waals surface area contributed by atoms with Gasteiger partial charge in [-0.3, -0.25) is 9.79 Å². The van der Waals surface area contributed by atoms with Gasteiger partial charge in [0.05, 0.1) is 17.2 Å². The molecular weight excluding hydrogens is 477 g/mol. The van der Waals surface area contributed by atoms with E-state index >= 15 is 0 Å². The predicted octanol–water partition coefficient (Wildman–Crippen LogP) is 1.37. The van der Waals surface area contributed by atoms with Gasteiger partial charge in [0.25, 0.3) is 5.56 Å². The summed E-state index contributed by atoms with van der Waals surface area (Å²) in [7, 11) is 3.55. The second-order valence-corrected chi connectivity index (χ2v) is 7.57. The summed E-state index contributed by atoms with van der Waals surface area (Å²) in [6.45, 7) is 7.86. The maximum Gasteiger partial charge on any atom is 0.293 e. The molecule has 0 aliphatic carbocycles. The lowest BCUT2D eigenvalue weighted by atomic mass is 10.3. The number of rotatable bonds is 3. The van der Waals surface area contributed by atoms with E-state index in [9.17, 15) is 4.79 Å². The van der Waals surface area contributed by atoms with Crippen LogP contribution in [0.25, 0.3) is 0 Å². The van der Waals surface area contributed by atoms with Gasteiger partial charge in [-0.25, -0.2) is 9.97 Å². The minimum absolute atomic E-state index is 0. The van der Waals surface area contributed by atoms with Gasteiger partial charge in [-0.1, -0.05) is 0 Å². The van der Waals surface area contributed by atoms with Gasteiger partial charge in [0.15, 0.2) is 11.8 Å². The molecule has 0 atom stereocenters. The molecule has 27 heavy (non-hydrogen) atoms. The number of piperazine rings is 1. The second-order valence-electron chi connectivity index (χ2n) is 6.28. The largest absolute Gasteiger partial charge is 0.351 e. The number of hydrogen-bond acceptors (Lipinski definition) is 6. The number of aromatic nitrogens is 3. The molecule has 1 aliphatic heterocycles. The maximum atomic E-state index is 12.2. The molecule has 2 aromatic heterocycles. The molecule has 148 valence electrons. The van der Waals surface area contributed by atoms with Crippen molar-refractivity contribution in [2.45, 2.75) is 20.4 Å². The SMILES string of the molecule is CN=C(NCc1sc(C)nc1C)N1CCN(c2nccn(C)c2=O)CC1.I. The van der Waals surface area contributed by atoms with Crippen LogP contribution < -0.4 is 15.8 Å². The van der Waals surface area contributed by atoms with Crippen LogP contribution in [0.3, 0.4) is 0 Å².